The molecule has 2 aliphatic rings. The van der Waals surface area contributed by atoms with Crippen molar-refractivity contribution < 1.29 is 19.0 Å². The largest absolute Gasteiger partial charge is 0.462 e. The molecule has 0 aromatic heterocycles. The minimum Gasteiger partial charge on any atom is -0.462 e. The second-order valence-electron chi connectivity index (χ2n) is 5.71. The maximum atomic E-state index is 11.2. The molecule has 2 rings (SSSR count). The highest BCUT2D eigenvalue weighted by atomic mass is 16.7. The zero-order valence-electron chi connectivity index (χ0n) is 11.8. The number of hydrogen-bond acceptors (Lipinski definition) is 4. The molecule has 108 valence electrons. The predicted molar refractivity (Wildman–Crippen MR) is 71.6 cm³/mol. The van der Waals surface area contributed by atoms with Crippen molar-refractivity contribution in [2.24, 2.45) is 5.41 Å². The van der Waals surface area contributed by atoms with E-state index in [9.17, 15) is 4.79 Å². The predicted octanol–water partition coefficient (Wildman–Crippen LogP) is 2.82. The van der Waals surface area contributed by atoms with Crippen molar-refractivity contribution in [3.8, 4) is 0 Å². The molecule has 1 saturated carbocycles. The second kappa shape index (κ2) is 6.06. The summed E-state index contributed by atoms with van der Waals surface area (Å²) in [6.45, 7) is 7.03. The van der Waals surface area contributed by atoms with Gasteiger partial charge >= 0.3 is 5.97 Å². The fraction of sp³-hybridized carbons (Fsp3) is 0.800. The van der Waals surface area contributed by atoms with Gasteiger partial charge in [-0.1, -0.05) is 19.9 Å². The van der Waals surface area contributed by atoms with Gasteiger partial charge in [0.2, 0.25) is 0 Å². The molecule has 0 N–H and O–H groups in total. The summed E-state index contributed by atoms with van der Waals surface area (Å²) in [5.74, 6) is -0.745. The summed E-state index contributed by atoms with van der Waals surface area (Å²) in [5, 5.41) is 0. The summed E-state index contributed by atoms with van der Waals surface area (Å²) in [6, 6.07) is 0. The van der Waals surface area contributed by atoms with E-state index < -0.39 is 0 Å². The van der Waals surface area contributed by atoms with Crippen molar-refractivity contribution in [1.29, 1.82) is 0 Å². The van der Waals surface area contributed by atoms with E-state index in [0.29, 0.717) is 19.8 Å². The Bertz CT molecular complexity index is 321. The maximum Gasteiger partial charge on any atom is 0.330 e. The van der Waals surface area contributed by atoms with Gasteiger partial charge in [0.05, 0.1) is 18.6 Å². The SMILES string of the molecule is C=CC(=O)OCC1(CC)COC2(CCCCC2)OC1. The topological polar surface area (TPSA) is 44.8 Å². The van der Waals surface area contributed by atoms with Gasteiger partial charge in [-0.05, 0) is 19.3 Å². The zero-order valence-corrected chi connectivity index (χ0v) is 11.8. The zero-order chi connectivity index (χ0) is 13.8. The Labute approximate surface area is 115 Å². The average Bonchev–Trinajstić information content (AvgIpc) is 2.48. The molecule has 0 aromatic rings. The molecule has 1 aliphatic carbocycles. The van der Waals surface area contributed by atoms with Crippen LogP contribution in [0.5, 0.6) is 0 Å². The van der Waals surface area contributed by atoms with E-state index in [0.717, 1.165) is 19.3 Å². The molecule has 1 heterocycles. The highest BCUT2D eigenvalue weighted by Gasteiger charge is 2.45. The van der Waals surface area contributed by atoms with Crippen LogP contribution in [0.15, 0.2) is 12.7 Å². The van der Waals surface area contributed by atoms with Gasteiger partial charge in [0.15, 0.2) is 5.79 Å². The molecule has 4 nitrogen and oxygen atoms in total. The van der Waals surface area contributed by atoms with Crippen molar-refractivity contribution in [2.75, 3.05) is 19.8 Å². The highest BCUT2D eigenvalue weighted by Crippen LogP contribution is 2.40. The number of carbonyl (C=O) groups is 1. The van der Waals surface area contributed by atoms with Gasteiger partial charge < -0.3 is 14.2 Å². The van der Waals surface area contributed by atoms with Gasteiger partial charge in [-0.15, -0.1) is 0 Å². The smallest absolute Gasteiger partial charge is 0.330 e. The lowest BCUT2D eigenvalue weighted by Crippen LogP contribution is -2.52. The van der Waals surface area contributed by atoms with Crippen molar-refractivity contribution in [1.82, 2.24) is 0 Å². The Kier molecular flexibility index (Phi) is 4.63. The standard InChI is InChI=1S/C15H24O4/c1-3-13(16)17-10-14(4-2)11-18-15(19-12-14)8-6-5-7-9-15/h3H,1,4-12H2,2H3. The van der Waals surface area contributed by atoms with Crippen LogP contribution in [0.25, 0.3) is 0 Å². The second-order valence-corrected chi connectivity index (χ2v) is 5.71. The molecule has 1 spiro atoms. The first-order valence-corrected chi connectivity index (χ1v) is 7.21. The molecule has 0 amide bonds. The van der Waals surface area contributed by atoms with Gasteiger partial charge in [0.25, 0.3) is 0 Å². The van der Waals surface area contributed by atoms with Gasteiger partial charge in [-0.2, -0.15) is 0 Å². The van der Waals surface area contributed by atoms with E-state index >= 15 is 0 Å². The summed E-state index contributed by atoms with van der Waals surface area (Å²) in [6.07, 6.45) is 7.64. The molecule has 0 bridgehead atoms. The molecule has 0 radical (unpaired) electrons. The summed E-state index contributed by atoms with van der Waals surface area (Å²) in [4.78, 5) is 11.2. The normalized spacial score (nSPS) is 24.9. The first kappa shape index (κ1) is 14.5. The van der Waals surface area contributed by atoms with E-state index in [4.69, 9.17) is 14.2 Å². The third-order valence-electron chi connectivity index (χ3n) is 4.34. The number of rotatable bonds is 4. The van der Waals surface area contributed by atoms with Crippen LogP contribution in [-0.2, 0) is 19.0 Å². The van der Waals surface area contributed by atoms with Crippen LogP contribution in [-0.4, -0.2) is 31.6 Å². The van der Waals surface area contributed by atoms with Crippen molar-refractivity contribution in [2.45, 2.75) is 51.2 Å². The van der Waals surface area contributed by atoms with Crippen LogP contribution in [0.4, 0.5) is 0 Å². The first-order chi connectivity index (χ1) is 9.14. The lowest BCUT2D eigenvalue weighted by molar-refractivity contribution is -0.319. The van der Waals surface area contributed by atoms with Crippen molar-refractivity contribution >= 4 is 5.97 Å². The third kappa shape index (κ3) is 3.37. The van der Waals surface area contributed by atoms with Crippen molar-refractivity contribution in [3.63, 3.8) is 0 Å². The lowest BCUT2D eigenvalue weighted by Gasteiger charge is -2.47. The Morgan fingerprint density at radius 2 is 1.89 bits per heavy atom. The average molecular weight is 268 g/mol. The molecule has 0 aromatic carbocycles. The molecule has 1 aliphatic heterocycles. The molecule has 4 heteroatoms. The van der Waals surface area contributed by atoms with E-state index in [2.05, 4.69) is 13.5 Å². The fourth-order valence-corrected chi connectivity index (χ4v) is 2.70. The Morgan fingerprint density at radius 1 is 1.26 bits per heavy atom. The van der Waals surface area contributed by atoms with Crippen LogP contribution in [0.1, 0.15) is 45.4 Å². The quantitative estimate of drug-likeness (QED) is 0.581. The van der Waals surface area contributed by atoms with Crippen LogP contribution in [0.2, 0.25) is 0 Å². The summed E-state index contributed by atoms with van der Waals surface area (Å²) >= 11 is 0. The van der Waals surface area contributed by atoms with Gasteiger partial charge in [0.1, 0.15) is 6.61 Å². The molecule has 19 heavy (non-hydrogen) atoms. The highest BCUT2D eigenvalue weighted by molar-refractivity contribution is 5.81. The minimum atomic E-state index is -0.384. The Hall–Kier alpha value is -0.870. The minimum absolute atomic E-state index is 0.207. The number of carbonyl (C=O) groups excluding carboxylic acids is 1. The molecular weight excluding hydrogens is 244 g/mol. The monoisotopic (exact) mass is 268 g/mol. The number of ether oxygens (including phenoxy) is 3. The van der Waals surface area contributed by atoms with Gasteiger partial charge in [0, 0.05) is 18.9 Å². The van der Waals surface area contributed by atoms with Gasteiger partial charge in [-0.3, -0.25) is 0 Å². The van der Waals surface area contributed by atoms with Crippen LogP contribution < -0.4 is 0 Å². The molecular formula is C15H24O4. The van der Waals surface area contributed by atoms with Crippen LogP contribution in [0, 0.1) is 5.41 Å². The lowest BCUT2D eigenvalue weighted by atomic mass is 9.85. The molecule has 0 unspecified atom stereocenters. The molecule has 1 saturated heterocycles. The van der Waals surface area contributed by atoms with Crippen molar-refractivity contribution in [3.05, 3.63) is 12.7 Å². The summed E-state index contributed by atoms with van der Waals surface area (Å²) in [5.41, 5.74) is -0.207. The van der Waals surface area contributed by atoms with E-state index in [-0.39, 0.29) is 17.2 Å². The van der Waals surface area contributed by atoms with Gasteiger partial charge in [-0.25, -0.2) is 4.79 Å². The number of esters is 1. The summed E-state index contributed by atoms with van der Waals surface area (Å²) in [7, 11) is 0. The van der Waals surface area contributed by atoms with E-state index in [1.165, 1.54) is 25.3 Å². The van der Waals surface area contributed by atoms with Crippen LogP contribution in [0.3, 0.4) is 0 Å². The Balaban J connectivity index is 1.90. The Morgan fingerprint density at radius 3 is 2.42 bits per heavy atom. The summed E-state index contributed by atoms with van der Waals surface area (Å²) < 4.78 is 17.3. The molecule has 0 atom stereocenters. The first-order valence-electron chi connectivity index (χ1n) is 7.21. The van der Waals surface area contributed by atoms with E-state index in [1.807, 2.05) is 0 Å². The number of hydrogen-bond donors (Lipinski definition) is 0. The fourth-order valence-electron chi connectivity index (χ4n) is 2.70. The third-order valence-corrected chi connectivity index (χ3v) is 4.34. The molecule has 2 fully saturated rings. The maximum absolute atomic E-state index is 11.2. The van der Waals surface area contributed by atoms with Crippen LogP contribution >= 0.6 is 0 Å². The van der Waals surface area contributed by atoms with E-state index in [1.54, 1.807) is 0 Å².